The van der Waals surface area contributed by atoms with Crippen LogP contribution in [0.2, 0.25) is 0 Å². The minimum atomic E-state index is 0. The molecule has 8 aliphatic heterocycles. The van der Waals surface area contributed by atoms with Crippen molar-refractivity contribution >= 4 is 23.8 Å². The van der Waals surface area contributed by atoms with Crippen molar-refractivity contribution in [1.82, 2.24) is 19.6 Å². The van der Waals surface area contributed by atoms with Crippen molar-refractivity contribution < 1.29 is 34.7 Å². The van der Waals surface area contributed by atoms with E-state index >= 15 is 0 Å². The summed E-state index contributed by atoms with van der Waals surface area (Å²) in [6.07, 6.45) is 9.66. The van der Waals surface area contributed by atoms with E-state index in [0.717, 1.165) is 76.2 Å². The second kappa shape index (κ2) is 19.4. The summed E-state index contributed by atoms with van der Waals surface area (Å²) in [6.45, 7) is 17.2. The smallest absolute Gasteiger partial charge is 0.426 e. The van der Waals surface area contributed by atoms with Crippen LogP contribution in [0, 0.1) is 0 Å². The van der Waals surface area contributed by atoms with E-state index in [1.165, 1.54) is 104 Å². The number of guanidine groups is 4. The fourth-order valence-corrected chi connectivity index (χ4v) is 5.77. The second-order valence-corrected chi connectivity index (χ2v) is 11.0. The van der Waals surface area contributed by atoms with Crippen molar-refractivity contribution in [2.45, 2.75) is 51.4 Å². The maximum absolute atomic E-state index is 4.33. The molecule has 0 aromatic carbocycles. The maximum atomic E-state index is 4.33. The molecule has 4 saturated heterocycles. The molecule has 0 saturated carbocycles. The molecule has 0 atom stereocenters. The minimum Gasteiger partial charge on any atom is -0.426 e. The second-order valence-electron chi connectivity index (χ2n) is 11.0. The molecule has 0 bridgehead atoms. The fraction of sp³-hybridized carbons (Fsp3) is 0.857. The van der Waals surface area contributed by atoms with Gasteiger partial charge in [0.05, 0.1) is 0 Å². The molecule has 0 aromatic heterocycles. The average molecular weight is 657 g/mol. The molecule has 0 N–H and O–H groups in total. The van der Waals surface area contributed by atoms with Crippen molar-refractivity contribution in [2.75, 3.05) is 105 Å². The van der Waals surface area contributed by atoms with E-state index in [1.54, 1.807) is 0 Å². The number of fused-ring (bicyclic) bond motifs is 4. The Morgan fingerprint density at radius 2 is 0.548 bits per heavy atom. The van der Waals surface area contributed by atoms with Crippen molar-refractivity contribution in [1.29, 1.82) is 0 Å². The van der Waals surface area contributed by atoms with Gasteiger partial charge in [-0.3, -0.25) is 0 Å². The van der Waals surface area contributed by atoms with Crippen LogP contribution in [0.15, 0.2) is 20.0 Å². The number of hydrogen-bond acceptors (Lipinski definition) is 8. The largest absolute Gasteiger partial charge is 2.00 e. The first-order valence-electron chi connectivity index (χ1n) is 15.7. The van der Waals surface area contributed by atoms with E-state index in [-0.39, 0.29) is 34.7 Å². The van der Waals surface area contributed by atoms with Gasteiger partial charge in [-0.05, 0) is 156 Å². The van der Waals surface area contributed by atoms with Crippen LogP contribution in [0.3, 0.4) is 0 Å². The zero-order valence-corrected chi connectivity index (χ0v) is 27.7. The summed E-state index contributed by atoms with van der Waals surface area (Å²) in [4.78, 5) is 26.4. The fourth-order valence-electron chi connectivity index (χ4n) is 5.77. The van der Waals surface area contributed by atoms with Gasteiger partial charge in [0.25, 0.3) is 0 Å². The molecule has 0 unspecified atom stereocenters. The Kier molecular flexibility index (Phi) is 16.0. The molecule has 4 fully saturated rings. The standard InChI is InChI=1S/4C7H12N3.2Cr/c4*1-3-8-7-9-4-2-6-10(7)5-1;;/h4*1-6H2;;/q4*-1;2*+2. The van der Waals surface area contributed by atoms with Gasteiger partial charge >= 0.3 is 34.7 Å². The summed E-state index contributed by atoms with van der Waals surface area (Å²) in [6, 6.07) is 0. The van der Waals surface area contributed by atoms with Crippen LogP contribution in [0.5, 0.6) is 0 Å². The Morgan fingerprint density at radius 1 is 0.333 bits per heavy atom. The summed E-state index contributed by atoms with van der Waals surface area (Å²) < 4.78 is 0. The molecule has 0 amide bonds. The average Bonchev–Trinajstić information content (AvgIpc) is 3.06. The Labute approximate surface area is 274 Å². The van der Waals surface area contributed by atoms with Crippen LogP contribution in [0.4, 0.5) is 0 Å². The predicted molar refractivity (Wildman–Crippen MR) is 165 cm³/mol. The van der Waals surface area contributed by atoms with Gasteiger partial charge in [0.1, 0.15) is 0 Å². The molecule has 0 aliphatic carbocycles. The van der Waals surface area contributed by atoms with Gasteiger partial charge in [-0.2, -0.15) is 0 Å². The Hall–Kier alpha value is -1.86. The summed E-state index contributed by atoms with van der Waals surface area (Å²) in [5, 5.41) is 17.3. The van der Waals surface area contributed by atoms with Crippen LogP contribution in [0.25, 0.3) is 21.3 Å². The molecule has 0 radical (unpaired) electrons. The molecule has 42 heavy (non-hydrogen) atoms. The van der Waals surface area contributed by atoms with Crippen molar-refractivity contribution in [2.24, 2.45) is 20.0 Å². The van der Waals surface area contributed by atoms with Crippen LogP contribution in [-0.4, -0.2) is 148 Å². The van der Waals surface area contributed by atoms with Crippen molar-refractivity contribution in [3.63, 3.8) is 0 Å². The van der Waals surface area contributed by atoms with Gasteiger partial charge in [-0.1, -0.05) is 0 Å². The number of aliphatic imine (C=N–C) groups is 4. The third-order valence-corrected chi connectivity index (χ3v) is 7.85. The summed E-state index contributed by atoms with van der Waals surface area (Å²) in [5.74, 6) is 4.05. The molecular weight excluding hydrogens is 608 g/mol. The first-order valence-corrected chi connectivity index (χ1v) is 15.7. The van der Waals surface area contributed by atoms with Crippen molar-refractivity contribution in [3.05, 3.63) is 21.3 Å². The molecule has 8 heterocycles. The minimum absolute atomic E-state index is 0. The SMILES string of the molecule is C1CN=C2[N-]CCCN2C1.C1CN=C2[N-]CCCN2C1.C1CN=C2[N-]CCCN2C1.C1CN=C2[N-]CCCN2C1.[Cr+2].[Cr+2]. The Bertz CT molecular complexity index is 767. The number of rotatable bonds is 0. The van der Waals surface area contributed by atoms with Crippen LogP contribution in [-0.2, 0) is 34.7 Å². The quantitative estimate of drug-likeness (QED) is 0.398. The zero-order valence-electron chi connectivity index (χ0n) is 25.2. The Morgan fingerprint density at radius 3 is 0.762 bits per heavy atom. The molecule has 0 aromatic rings. The van der Waals surface area contributed by atoms with Gasteiger partial charge in [-0.25, -0.2) is 0 Å². The first-order chi connectivity index (χ1) is 19.9. The molecule has 8 rings (SSSR count). The van der Waals surface area contributed by atoms with Crippen molar-refractivity contribution in [3.8, 4) is 0 Å². The Balaban J connectivity index is 0.000000151. The summed E-state index contributed by atoms with van der Waals surface area (Å²) in [7, 11) is 0. The molecule has 0 spiro atoms. The monoisotopic (exact) mass is 656 g/mol. The predicted octanol–water partition coefficient (Wildman–Crippen LogP) is 3.30. The number of nitrogens with zero attached hydrogens (tertiary/aromatic N) is 12. The third kappa shape index (κ3) is 10.7. The van der Waals surface area contributed by atoms with Gasteiger partial charge < -0.3 is 60.8 Å². The van der Waals surface area contributed by atoms with Gasteiger partial charge in [0.15, 0.2) is 0 Å². The van der Waals surface area contributed by atoms with E-state index in [0.29, 0.717) is 0 Å². The van der Waals surface area contributed by atoms with Gasteiger partial charge in [-0.15, -0.1) is 0 Å². The topological polar surface area (TPSA) is 119 Å². The van der Waals surface area contributed by atoms with Crippen LogP contribution < -0.4 is 0 Å². The molecule has 8 aliphatic rings. The van der Waals surface area contributed by atoms with E-state index < -0.39 is 0 Å². The van der Waals surface area contributed by atoms with Crippen LogP contribution >= 0.6 is 0 Å². The first kappa shape index (κ1) is 34.6. The van der Waals surface area contributed by atoms with E-state index in [4.69, 9.17) is 0 Å². The van der Waals surface area contributed by atoms with E-state index in [2.05, 4.69) is 60.8 Å². The zero-order chi connectivity index (χ0) is 27.2. The summed E-state index contributed by atoms with van der Waals surface area (Å²) in [5.41, 5.74) is 0. The normalized spacial score (nSPS) is 23.6. The molecule has 12 nitrogen and oxygen atoms in total. The van der Waals surface area contributed by atoms with E-state index in [9.17, 15) is 0 Å². The van der Waals surface area contributed by atoms with E-state index in [1.807, 2.05) is 0 Å². The molecule has 232 valence electrons. The summed E-state index contributed by atoms with van der Waals surface area (Å²) >= 11 is 0. The maximum Gasteiger partial charge on any atom is 2.00 e. The molecular formula is C28H48Cr2N12. The van der Waals surface area contributed by atoms with Gasteiger partial charge in [0, 0.05) is 23.8 Å². The number of hydrogen-bond donors (Lipinski definition) is 0. The molecule has 14 heteroatoms. The third-order valence-electron chi connectivity index (χ3n) is 7.85. The van der Waals surface area contributed by atoms with Crippen LogP contribution in [0.1, 0.15) is 51.4 Å². The van der Waals surface area contributed by atoms with Gasteiger partial charge in [0.2, 0.25) is 0 Å².